The zero-order valence-corrected chi connectivity index (χ0v) is 9.47. The summed E-state index contributed by atoms with van der Waals surface area (Å²) in [5.41, 5.74) is 0.686. The molecule has 0 aliphatic heterocycles. The summed E-state index contributed by atoms with van der Waals surface area (Å²) in [6.07, 6.45) is 9.04. The van der Waals surface area contributed by atoms with Gasteiger partial charge in [-0.1, -0.05) is 33.6 Å². The molecule has 1 atom stereocenters. The van der Waals surface area contributed by atoms with Crippen LogP contribution in [0.3, 0.4) is 0 Å². The molecule has 0 saturated heterocycles. The second-order valence-corrected chi connectivity index (χ2v) is 6.15. The van der Waals surface area contributed by atoms with Crippen molar-refractivity contribution < 1.29 is 0 Å². The molecule has 0 nitrogen and oxygen atoms in total. The summed E-state index contributed by atoms with van der Waals surface area (Å²) in [7, 11) is 0. The fourth-order valence-corrected chi connectivity index (χ4v) is 3.45. The Hall–Kier alpha value is 0. The molecule has 2 aliphatic rings. The van der Waals surface area contributed by atoms with Gasteiger partial charge in [0.1, 0.15) is 0 Å². The fourth-order valence-electron chi connectivity index (χ4n) is 3.45. The van der Waals surface area contributed by atoms with E-state index in [1.165, 1.54) is 38.5 Å². The van der Waals surface area contributed by atoms with E-state index in [9.17, 15) is 0 Å². The average Bonchev–Trinajstić information content (AvgIpc) is 2.07. The molecule has 0 heteroatoms. The van der Waals surface area contributed by atoms with Crippen LogP contribution in [0.25, 0.3) is 0 Å². The molecular weight excluding hydrogens is 156 g/mol. The molecule has 0 spiro atoms. The third-order valence-electron chi connectivity index (χ3n) is 4.73. The summed E-state index contributed by atoms with van der Waals surface area (Å²) >= 11 is 0. The van der Waals surface area contributed by atoms with E-state index in [1.54, 1.807) is 0 Å². The Morgan fingerprint density at radius 2 is 1.54 bits per heavy atom. The van der Waals surface area contributed by atoms with Crippen LogP contribution < -0.4 is 0 Å². The van der Waals surface area contributed by atoms with Crippen molar-refractivity contribution in [2.75, 3.05) is 0 Å². The first kappa shape index (κ1) is 9.55. The molecule has 0 heterocycles. The van der Waals surface area contributed by atoms with Gasteiger partial charge in [-0.25, -0.2) is 0 Å². The molecule has 2 fully saturated rings. The van der Waals surface area contributed by atoms with Gasteiger partial charge in [0, 0.05) is 0 Å². The summed E-state index contributed by atoms with van der Waals surface area (Å²) in [6, 6.07) is 0. The number of hydrogen-bond donors (Lipinski definition) is 0. The Labute approximate surface area is 83.1 Å². The van der Waals surface area contributed by atoms with Crippen LogP contribution >= 0.6 is 0 Å². The van der Waals surface area contributed by atoms with Crippen LogP contribution in [0.2, 0.25) is 0 Å². The van der Waals surface area contributed by atoms with Crippen LogP contribution in [0.1, 0.15) is 59.3 Å². The predicted molar refractivity (Wildman–Crippen MR) is 57.6 cm³/mol. The molecule has 0 bridgehead atoms. The Bertz CT molecular complexity index is 172. The van der Waals surface area contributed by atoms with Crippen molar-refractivity contribution in [3.63, 3.8) is 0 Å². The van der Waals surface area contributed by atoms with Crippen LogP contribution in [0.5, 0.6) is 0 Å². The lowest BCUT2D eigenvalue weighted by atomic mass is 9.55. The molecule has 0 radical (unpaired) electrons. The molecule has 2 aliphatic carbocycles. The van der Waals surface area contributed by atoms with E-state index in [1.807, 2.05) is 0 Å². The monoisotopic (exact) mass is 180 g/mol. The van der Waals surface area contributed by atoms with Crippen molar-refractivity contribution >= 4 is 0 Å². The van der Waals surface area contributed by atoms with Crippen molar-refractivity contribution in [3.8, 4) is 0 Å². The van der Waals surface area contributed by atoms with Gasteiger partial charge in [-0.05, 0) is 48.9 Å². The third kappa shape index (κ3) is 1.78. The van der Waals surface area contributed by atoms with Crippen molar-refractivity contribution in [1.82, 2.24) is 0 Å². The Kier molecular flexibility index (Phi) is 2.42. The molecule has 0 aromatic heterocycles. The second-order valence-electron chi connectivity index (χ2n) is 6.15. The molecule has 13 heavy (non-hydrogen) atoms. The van der Waals surface area contributed by atoms with Gasteiger partial charge in [0.2, 0.25) is 0 Å². The highest BCUT2D eigenvalue weighted by molar-refractivity contribution is 4.93. The summed E-state index contributed by atoms with van der Waals surface area (Å²) in [4.78, 5) is 0. The first-order chi connectivity index (χ1) is 6.09. The van der Waals surface area contributed by atoms with E-state index in [-0.39, 0.29) is 0 Å². The topological polar surface area (TPSA) is 0 Å². The van der Waals surface area contributed by atoms with Crippen LogP contribution in [-0.4, -0.2) is 0 Å². The summed E-state index contributed by atoms with van der Waals surface area (Å²) < 4.78 is 0. The lowest BCUT2D eigenvalue weighted by molar-refractivity contribution is 0.000171. The van der Waals surface area contributed by atoms with Crippen LogP contribution in [0.15, 0.2) is 0 Å². The van der Waals surface area contributed by atoms with Crippen molar-refractivity contribution in [3.05, 3.63) is 0 Å². The maximum atomic E-state index is 2.47. The van der Waals surface area contributed by atoms with Gasteiger partial charge in [-0.3, -0.25) is 0 Å². The van der Waals surface area contributed by atoms with E-state index < -0.39 is 0 Å². The largest absolute Gasteiger partial charge is 0.0625 e. The highest BCUT2D eigenvalue weighted by Gasteiger charge is 2.43. The second kappa shape index (κ2) is 3.29. The van der Waals surface area contributed by atoms with Gasteiger partial charge in [0.15, 0.2) is 0 Å². The van der Waals surface area contributed by atoms with E-state index in [4.69, 9.17) is 0 Å². The molecule has 1 unspecified atom stereocenters. The Balaban J connectivity index is 1.88. The molecular formula is C13H24. The maximum absolute atomic E-state index is 2.47. The van der Waals surface area contributed by atoms with E-state index in [0.29, 0.717) is 5.41 Å². The zero-order chi connectivity index (χ0) is 9.47. The summed E-state index contributed by atoms with van der Waals surface area (Å²) in [6.45, 7) is 7.36. The molecule has 76 valence electrons. The normalized spacial score (nSPS) is 44.1. The minimum absolute atomic E-state index is 0.686. The maximum Gasteiger partial charge on any atom is -0.0323 e. The van der Waals surface area contributed by atoms with Crippen molar-refractivity contribution in [1.29, 1.82) is 0 Å². The van der Waals surface area contributed by atoms with Crippen LogP contribution in [0.4, 0.5) is 0 Å². The molecule has 0 amide bonds. The minimum Gasteiger partial charge on any atom is -0.0625 e. The zero-order valence-electron chi connectivity index (χ0n) is 9.47. The molecule has 0 aromatic carbocycles. The van der Waals surface area contributed by atoms with Gasteiger partial charge in [-0.2, -0.15) is 0 Å². The van der Waals surface area contributed by atoms with Gasteiger partial charge in [0.25, 0.3) is 0 Å². The summed E-state index contributed by atoms with van der Waals surface area (Å²) in [5.74, 6) is 3.17. The molecule has 0 aromatic rings. The average molecular weight is 180 g/mol. The Morgan fingerprint density at radius 3 is 1.92 bits per heavy atom. The lowest BCUT2D eigenvalue weighted by Crippen LogP contribution is -2.40. The molecule has 0 N–H and O–H groups in total. The van der Waals surface area contributed by atoms with E-state index in [2.05, 4.69) is 20.8 Å². The Morgan fingerprint density at radius 1 is 0.923 bits per heavy atom. The first-order valence-electron chi connectivity index (χ1n) is 6.09. The van der Waals surface area contributed by atoms with Gasteiger partial charge >= 0.3 is 0 Å². The predicted octanol–water partition coefficient (Wildman–Crippen LogP) is 4.25. The van der Waals surface area contributed by atoms with Gasteiger partial charge in [0.05, 0.1) is 0 Å². The quantitative estimate of drug-likeness (QED) is 0.566. The highest BCUT2D eigenvalue weighted by atomic mass is 14.5. The van der Waals surface area contributed by atoms with Crippen molar-refractivity contribution in [2.24, 2.45) is 23.2 Å². The van der Waals surface area contributed by atoms with E-state index >= 15 is 0 Å². The lowest BCUT2D eigenvalue weighted by Gasteiger charge is -2.50. The number of rotatable bonds is 1. The number of hydrogen-bond acceptors (Lipinski definition) is 0. The van der Waals surface area contributed by atoms with Crippen LogP contribution in [-0.2, 0) is 0 Å². The summed E-state index contributed by atoms with van der Waals surface area (Å²) in [5, 5.41) is 0. The third-order valence-corrected chi connectivity index (χ3v) is 4.73. The smallest absolute Gasteiger partial charge is 0.0323 e. The van der Waals surface area contributed by atoms with Crippen LogP contribution in [0, 0.1) is 23.2 Å². The first-order valence-corrected chi connectivity index (χ1v) is 6.09. The molecule has 2 rings (SSSR count). The van der Waals surface area contributed by atoms with E-state index in [0.717, 1.165) is 17.8 Å². The van der Waals surface area contributed by atoms with Crippen molar-refractivity contribution in [2.45, 2.75) is 59.3 Å². The standard InChI is InChI=1S/C13H24/c1-10-4-6-11(7-5-10)12-8-9-13(12,2)3/h10-12H,4-9H2,1-3H3. The molecule has 2 saturated carbocycles. The minimum atomic E-state index is 0.686. The highest BCUT2D eigenvalue weighted by Crippen LogP contribution is 2.53. The van der Waals surface area contributed by atoms with Gasteiger partial charge < -0.3 is 0 Å². The fraction of sp³-hybridized carbons (Fsp3) is 1.00. The SMILES string of the molecule is CC1CCC(C2CCC2(C)C)CC1. The van der Waals surface area contributed by atoms with Gasteiger partial charge in [-0.15, -0.1) is 0 Å².